The van der Waals surface area contributed by atoms with E-state index in [9.17, 15) is 0 Å². The zero-order valence-electron chi connectivity index (χ0n) is 13.0. The summed E-state index contributed by atoms with van der Waals surface area (Å²) in [5.74, 6) is 0. The molecule has 1 aliphatic heterocycles. The topological polar surface area (TPSA) is 33.1 Å². The van der Waals surface area contributed by atoms with Crippen LogP contribution in [0.1, 0.15) is 44.5 Å². The van der Waals surface area contributed by atoms with Crippen molar-refractivity contribution in [3.8, 4) is 0 Å². The number of nitrogens with zero attached hydrogens (tertiary/aromatic N) is 3. The molecule has 114 valence electrons. The summed E-state index contributed by atoms with van der Waals surface area (Å²) in [4.78, 5) is 2.52. The van der Waals surface area contributed by atoms with E-state index in [4.69, 9.17) is 11.6 Å². The Balaban J connectivity index is 2.07. The van der Waals surface area contributed by atoms with Crippen molar-refractivity contribution in [2.24, 2.45) is 0 Å². The van der Waals surface area contributed by atoms with Crippen LogP contribution in [0.15, 0.2) is 0 Å². The maximum Gasteiger partial charge on any atom is 0.0860 e. The number of rotatable bonds is 5. The van der Waals surface area contributed by atoms with Gasteiger partial charge in [-0.25, -0.2) is 0 Å². The van der Waals surface area contributed by atoms with E-state index in [1.165, 1.54) is 25.0 Å². The first-order valence-corrected chi connectivity index (χ1v) is 8.21. The Morgan fingerprint density at radius 1 is 1.40 bits per heavy atom. The van der Waals surface area contributed by atoms with Crippen LogP contribution in [0.4, 0.5) is 0 Å². The smallest absolute Gasteiger partial charge is 0.0860 e. The van der Waals surface area contributed by atoms with Gasteiger partial charge in [0, 0.05) is 25.7 Å². The van der Waals surface area contributed by atoms with Crippen molar-refractivity contribution in [1.29, 1.82) is 0 Å². The highest BCUT2D eigenvalue weighted by molar-refractivity contribution is 6.31. The molecule has 1 aromatic heterocycles. The monoisotopic (exact) mass is 298 g/mol. The lowest BCUT2D eigenvalue weighted by molar-refractivity contribution is 0.247. The van der Waals surface area contributed by atoms with E-state index in [1.54, 1.807) is 0 Å². The van der Waals surface area contributed by atoms with Gasteiger partial charge in [-0.05, 0) is 39.8 Å². The summed E-state index contributed by atoms with van der Waals surface area (Å²) in [5, 5.41) is 9.01. The predicted molar refractivity (Wildman–Crippen MR) is 84.2 cm³/mol. The Hall–Kier alpha value is -0.580. The number of aryl methyl sites for hydroxylation is 2. The summed E-state index contributed by atoms with van der Waals surface area (Å²) < 4.78 is 2.05. The fourth-order valence-corrected chi connectivity index (χ4v) is 3.19. The summed E-state index contributed by atoms with van der Waals surface area (Å²) in [5.41, 5.74) is 2.12. The van der Waals surface area contributed by atoms with Gasteiger partial charge in [0.15, 0.2) is 0 Å². The summed E-state index contributed by atoms with van der Waals surface area (Å²) in [6.45, 7) is 11.5. The van der Waals surface area contributed by atoms with Crippen molar-refractivity contribution in [3.05, 3.63) is 16.4 Å². The number of nitrogens with one attached hydrogen (secondary N) is 1. The number of hydrogen-bond donors (Lipinski definition) is 1. The second-order valence-corrected chi connectivity index (χ2v) is 6.07. The van der Waals surface area contributed by atoms with E-state index in [2.05, 4.69) is 29.2 Å². The van der Waals surface area contributed by atoms with E-state index in [1.807, 2.05) is 11.6 Å². The molecule has 1 N–H and O–H groups in total. The van der Waals surface area contributed by atoms with E-state index >= 15 is 0 Å². The molecule has 0 bridgehead atoms. The van der Waals surface area contributed by atoms with E-state index < -0.39 is 0 Å². The third-order valence-corrected chi connectivity index (χ3v) is 4.52. The molecule has 0 aliphatic carbocycles. The maximum atomic E-state index is 6.42. The van der Waals surface area contributed by atoms with Crippen LogP contribution in [0, 0.1) is 6.92 Å². The fourth-order valence-electron chi connectivity index (χ4n) is 2.99. The summed E-state index contributed by atoms with van der Waals surface area (Å²) in [6, 6.07) is 0.611. The molecule has 0 aromatic carbocycles. The third kappa shape index (κ3) is 3.74. The Kier molecular flexibility index (Phi) is 5.87. The molecule has 5 heteroatoms. The second kappa shape index (κ2) is 7.43. The van der Waals surface area contributed by atoms with Crippen molar-refractivity contribution in [2.75, 3.05) is 19.6 Å². The molecule has 4 nitrogen and oxygen atoms in total. The highest BCUT2D eigenvalue weighted by Gasteiger charge is 2.20. The summed E-state index contributed by atoms with van der Waals surface area (Å²) >= 11 is 6.42. The Labute approximate surface area is 127 Å². The number of aromatic nitrogens is 2. The van der Waals surface area contributed by atoms with Crippen LogP contribution in [0.3, 0.4) is 0 Å². The molecule has 2 heterocycles. The van der Waals surface area contributed by atoms with E-state index in [-0.39, 0.29) is 0 Å². The first kappa shape index (κ1) is 15.8. The van der Waals surface area contributed by atoms with E-state index in [0.29, 0.717) is 6.04 Å². The minimum Gasteiger partial charge on any atom is -0.313 e. The van der Waals surface area contributed by atoms with Gasteiger partial charge in [-0.3, -0.25) is 9.58 Å². The molecule has 1 unspecified atom stereocenters. The first-order chi connectivity index (χ1) is 9.65. The van der Waals surface area contributed by atoms with Crippen LogP contribution < -0.4 is 5.32 Å². The lowest BCUT2D eigenvalue weighted by Crippen LogP contribution is -2.37. The fraction of sp³-hybridized carbons (Fsp3) is 0.800. The number of halogens is 1. The van der Waals surface area contributed by atoms with E-state index in [0.717, 1.165) is 43.4 Å². The normalized spacial score (nSPS) is 21.1. The molecule has 0 spiro atoms. The van der Waals surface area contributed by atoms with Gasteiger partial charge in [-0.2, -0.15) is 5.10 Å². The van der Waals surface area contributed by atoms with Crippen molar-refractivity contribution in [1.82, 2.24) is 20.0 Å². The number of hydrogen-bond acceptors (Lipinski definition) is 3. The van der Waals surface area contributed by atoms with Crippen molar-refractivity contribution in [3.63, 3.8) is 0 Å². The highest BCUT2D eigenvalue weighted by Crippen LogP contribution is 2.22. The lowest BCUT2D eigenvalue weighted by Gasteiger charge is -2.24. The van der Waals surface area contributed by atoms with Crippen molar-refractivity contribution >= 4 is 11.6 Å². The van der Waals surface area contributed by atoms with Gasteiger partial charge in [-0.1, -0.05) is 24.9 Å². The molecule has 1 aliphatic rings. The second-order valence-electron chi connectivity index (χ2n) is 5.69. The minimum absolute atomic E-state index is 0.611. The van der Waals surface area contributed by atoms with Gasteiger partial charge in [0.05, 0.1) is 16.4 Å². The van der Waals surface area contributed by atoms with Crippen molar-refractivity contribution < 1.29 is 0 Å². The van der Waals surface area contributed by atoms with Gasteiger partial charge < -0.3 is 5.32 Å². The summed E-state index contributed by atoms with van der Waals surface area (Å²) in [7, 11) is 0. The lowest BCUT2D eigenvalue weighted by atomic mass is 10.1. The van der Waals surface area contributed by atoms with Crippen LogP contribution in [-0.2, 0) is 13.1 Å². The van der Waals surface area contributed by atoms with Crippen LogP contribution in [-0.4, -0.2) is 40.4 Å². The zero-order chi connectivity index (χ0) is 14.5. The molecular weight excluding hydrogens is 272 g/mol. The zero-order valence-corrected chi connectivity index (χ0v) is 13.7. The molecule has 0 radical (unpaired) electrons. The quantitative estimate of drug-likeness (QED) is 0.907. The van der Waals surface area contributed by atoms with Gasteiger partial charge >= 0.3 is 0 Å². The first-order valence-electron chi connectivity index (χ1n) is 7.83. The molecule has 1 atom stereocenters. The SMILES string of the molecule is CCCC1CN(Cc2c(Cl)c(C)nn2CC)CCCN1. The van der Waals surface area contributed by atoms with Crippen molar-refractivity contribution in [2.45, 2.75) is 59.2 Å². The van der Waals surface area contributed by atoms with Crippen LogP contribution in [0.25, 0.3) is 0 Å². The highest BCUT2D eigenvalue weighted by atomic mass is 35.5. The average Bonchev–Trinajstić information content (AvgIpc) is 2.61. The maximum absolute atomic E-state index is 6.42. The Morgan fingerprint density at radius 3 is 2.90 bits per heavy atom. The minimum atomic E-state index is 0.611. The molecule has 1 saturated heterocycles. The van der Waals surface area contributed by atoms with Crippen LogP contribution in [0.5, 0.6) is 0 Å². The Morgan fingerprint density at radius 2 is 2.20 bits per heavy atom. The largest absolute Gasteiger partial charge is 0.313 e. The molecule has 1 aromatic rings. The van der Waals surface area contributed by atoms with Gasteiger partial charge in [-0.15, -0.1) is 0 Å². The molecule has 0 amide bonds. The average molecular weight is 299 g/mol. The third-order valence-electron chi connectivity index (χ3n) is 4.03. The molecule has 2 rings (SSSR count). The van der Waals surface area contributed by atoms with Gasteiger partial charge in [0.1, 0.15) is 0 Å². The molecular formula is C15H27ClN4. The summed E-state index contributed by atoms with van der Waals surface area (Å²) in [6.07, 6.45) is 3.69. The van der Waals surface area contributed by atoms with Gasteiger partial charge in [0.25, 0.3) is 0 Å². The standard InChI is InChI=1S/C15H27ClN4/c1-4-7-13-10-19(9-6-8-17-13)11-14-15(16)12(3)18-20(14)5-2/h13,17H,4-11H2,1-3H3. The predicted octanol–water partition coefficient (Wildman–Crippen LogP) is 2.83. The van der Waals surface area contributed by atoms with Crippen LogP contribution >= 0.6 is 11.6 Å². The Bertz CT molecular complexity index is 430. The molecule has 0 saturated carbocycles. The molecule has 1 fully saturated rings. The molecule has 20 heavy (non-hydrogen) atoms. The van der Waals surface area contributed by atoms with Crippen LogP contribution in [0.2, 0.25) is 5.02 Å². The van der Waals surface area contributed by atoms with Gasteiger partial charge in [0.2, 0.25) is 0 Å².